The van der Waals surface area contributed by atoms with Gasteiger partial charge in [-0.2, -0.15) is 0 Å². The zero-order valence-corrected chi connectivity index (χ0v) is 11.6. The molecule has 5 nitrogen and oxygen atoms in total. The van der Waals surface area contributed by atoms with Gasteiger partial charge in [-0.05, 0) is 44.5 Å². The number of methoxy groups -OCH3 is 1. The molecule has 1 aromatic carbocycles. The number of aryl methyl sites for hydroxylation is 1. The molecule has 0 amide bonds. The summed E-state index contributed by atoms with van der Waals surface area (Å²) in [6, 6.07) is 4.99. The molecule has 1 rings (SSSR count). The van der Waals surface area contributed by atoms with E-state index >= 15 is 0 Å². The zero-order chi connectivity index (χ0) is 14.6. The summed E-state index contributed by atoms with van der Waals surface area (Å²) >= 11 is 0. The number of ether oxygens (including phenoxy) is 2. The average molecular weight is 265 g/mol. The van der Waals surface area contributed by atoms with Crippen molar-refractivity contribution in [2.45, 2.75) is 20.8 Å². The standard InChI is InChI=1S/C14H19NO4/c1-9-5-10(7-11(15)6-9)12(16)19-8-14(2,3)13(17)18-4/h5-7H,8,15H2,1-4H3. The molecule has 19 heavy (non-hydrogen) atoms. The molecular formula is C14H19NO4. The number of hydrogen-bond acceptors (Lipinski definition) is 5. The summed E-state index contributed by atoms with van der Waals surface area (Å²) in [5.74, 6) is -0.934. The van der Waals surface area contributed by atoms with Gasteiger partial charge in [-0.1, -0.05) is 0 Å². The van der Waals surface area contributed by atoms with E-state index in [4.69, 9.17) is 10.5 Å². The van der Waals surface area contributed by atoms with Gasteiger partial charge in [0, 0.05) is 5.69 Å². The molecule has 0 bridgehead atoms. The van der Waals surface area contributed by atoms with Crippen LogP contribution in [-0.4, -0.2) is 25.7 Å². The maximum atomic E-state index is 11.9. The van der Waals surface area contributed by atoms with Crippen molar-refractivity contribution < 1.29 is 19.1 Å². The first kappa shape index (κ1) is 15.0. The molecule has 0 aliphatic rings. The van der Waals surface area contributed by atoms with Crippen molar-refractivity contribution in [2.75, 3.05) is 19.5 Å². The van der Waals surface area contributed by atoms with E-state index in [2.05, 4.69) is 4.74 Å². The topological polar surface area (TPSA) is 78.6 Å². The first-order valence-electron chi connectivity index (χ1n) is 5.89. The second-order valence-corrected chi connectivity index (χ2v) is 5.08. The maximum Gasteiger partial charge on any atom is 0.338 e. The fraction of sp³-hybridized carbons (Fsp3) is 0.429. The first-order valence-corrected chi connectivity index (χ1v) is 5.89. The Labute approximate surface area is 112 Å². The monoisotopic (exact) mass is 265 g/mol. The molecule has 0 spiro atoms. The number of anilines is 1. The average Bonchev–Trinajstić information content (AvgIpc) is 2.33. The van der Waals surface area contributed by atoms with Crippen molar-refractivity contribution in [3.63, 3.8) is 0 Å². The summed E-state index contributed by atoms with van der Waals surface area (Å²) in [7, 11) is 1.30. The van der Waals surface area contributed by atoms with Crippen LogP contribution in [0.5, 0.6) is 0 Å². The number of rotatable bonds is 4. The lowest BCUT2D eigenvalue weighted by molar-refractivity contribution is -0.152. The van der Waals surface area contributed by atoms with Gasteiger partial charge in [0.2, 0.25) is 0 Å². The van der Waals surface area contributed by atoms with E-state index in [1.807, 2.05) is 6.92 Å². The minimum atomic E-state index is -0.875. The molecule has 0 fully saturated rings. The van der Waals surface area contributed by atoms with E-state index in [1.165, 1.54) is 7.11 Å². The van der Waals surface area contributed by atoms with Crippen molar-refractivity contribution in [1.82, 2.24) is 0 Å². The summed E-state index contributed by atoms with van der Waals surface area (Å²) in [4.78, 5) is 23.3. The van der Waals surface area contributed by atoms with Gasteiger partial charge in [-0.3, -0.25) is 4.79 Å². The Morgan fingerprint density at radius 1 is 1.26 bits per heavy atom. The Bertz CT molecular complexity index is 474. The van der Waals surface area contributed by atoms with Gasteiger partial charge < -0.3 is 15.2 Å². The summed E-state index contributed by atoms with van der Waals surface area (Å²) < 4.78 is 9.77. The van der Waals surface area contributed by atoms with Crippen LogP contribution in [0.25, 0.3) is 0 Å². The third-order valence-electron chi connectivity index (χ3n) is 2.64. The third-order valence-corrected chi connectivity index (χ3v) is 2.64. The molecule has 0 aliphatic carbocycles. The van der Waals surface area contributed by atoms with Crippen LogP contribution in [0.15, 0.2) is 18.2 Å². The smallest absolute Gasteiger partial charge is 0.338 e. The van der Waals surface area contributed by atoms with Crippen molar-refractivity contribution in [3.05, 3.63) is 29.3 Å². The Hall–Kier alpha value is -2.04. The SMILES string of the molecule is COC(=O)C(C)(C)COC(=O)c1cc(C)cc(N)c1. The molecule has 0 aliphatic heterocycles. The predicted octanol–water partition coefficient (Wildman–Crippen LogP) is 1.93. The quantitative estimate of drug-likeness (QED) is 0.664. The third kappa shape index (κ3) is 3.98. The summed E-state index contributed by atoms with van der Waals surface area (Å²) in [5.41, 5.74) is 6.54. The van der Waals surface area contributed by atoms with E-state index in [9.17, 15) is 9.59 Å². The molecule has 1 aromatic rings. The van der Waals surface area contributed by atoms with Crippen LogP contribution < -0.4 is 5.73 Å². The molecular weight excluding hydrogens is 246 g/mol. The Kier molecular flexibility index (Phi) is 4.53. The lowest BCUT2D eigenvalue weighted by atomic mass is 9.95. The second kappa shape index (κ2) is 5.73. The molecule has 0 saturated carbocycles. The van der Waals surface area contributed by atoms with Crippen LogP contribution in [0.1, 0.15) is 29.8 Å². The summed E-state index contributed by atoms with van der Waals surface area (Å²) in [5, 5.41) is 0. The number of nitrogen functional groups attached to an aromatic ring is 1. The highest BCUT2D eigenvalue weighted by Crippen LogP contribution is 2.19. The lowest BCUT2D eigenvalue weighted by Gasteiger charge is -2.20. The second-order valence-electron chi connectivity index (χ2n) is 5.08. The van der Waals surface area contributed by atoms with Gasteiger partial charge in [-0.15, -0.1) is 0 Å². The highest BCUT2D eigenvalue weighted by Gasteiger charge is 2.30. The van der Waals surface area contributed by atoms with Crippen molar-refractivity contribution in [2.24, 2.45) is 5.41 Å². The molecule has 0 heterocycles. The molecule has 2 N–H and O–H groups in total. The Balaban J connectivity index is 2.73. The van der Waals surface area contributed by atoms with Crippen LogP contribution in [-0.2, 0) is 14.3 Å². The van der Waals surface area contributed by atoms with Gasteiger partial charge in [-0.25, -0.2) is 4.79 Å². The van der Waals surface area contributed by atoms with E-state index in [0.29, 0.717) is 11.3 Å². The van der Waals surface area contributed by atoms with Gasteiger partial charge in [0.25, 0.3) is 0 Å². The Morgan fingerprint density at radius 2 is 1.89 bits per heavy atom. The van der Waals surface area contributed by atoms with Gasteiger partial charge in [0.15, 0.2) is 0 Å². The number of carbonyl (C=O) groups excluding carboxylic acids is 2. The largest absolute Gasteiger partial charge is 0.469 e. The van der Waals surface area contributed by atoms with Crippen LogP contribution in [0, 0.1) is 12.3 Å². The Morgan fingerprint density at radius 3 is 2.42 bits per heavy atom. The van der Waals surface area contributed by atoms with E-state index in [-0.39, 0.29) is 6.61 Å². The van der Waals surface area contributed by atoms with E-state index in [1.54, 1.807) is 32.0 Å². The first-order chi connectivity index (χ1) is 8.76. The van der Waals surface area contributed by atoms with Crippen molar-refractivity contribution in [1.29, 1.82) is 0 Å². The zero-order valence-electron chi connectivity index (χ0n) is 11.6. The van der Waals surface area contributed by atoms with Crippen LogP contribution in [0.4, 0.5) is 5.69 Å². The number of benzene rings is 1. The molecule has 5 heteroatoms. The number of esters is 2. The van der Waals surface area contributed by atoms with E-state index < -0.39 is 17.4 Å². The fourth-order valence-electron chi connectivity index (χ4n) is 1.60. The van der Waals surface area contributed by atoms with Crippen LogP contribution in [0.2, 0.25) is 0 Å². The number of hydrogen-bond donors (Lipinski definition) is 1. The van der Waals surface area contributed by atoms with Crippen LogP contribution in [0.3, 0.4) is 0 Å². The molecule has 0 saturated heterocycles. The highest BCUT2D eigenvalue weighted by molar-refractivity contribution is 5.91. The molecule has 104 valence electrons. The highest BCUT2D eigenvalue weighted by atomic mass is 16.5. The normalized spacial score (nSPS) is 10.9. The lowest BCUT2D eigenvalue weighted by Crippen LogP contribution is -2.32. The minimum absolute atomic E-state index is 0.0493. The van der Waals surface area contributed by atoms with Gasteiger partial charge >= 0.3 is 11.9 Å². The molecule has 0 unspecified atom stereocenters. The molecule has 0 radical (unpaired) electrons. The number of carbonyl (C=O) groups is 2. The summed E-state index contributed by atoms with van der Waals surface area (Å²) in [6.07, 6.45) is 0. The molecule has 0 aromatic heterocycles. The maximum absolute atomic E-state index is 11.9. The predicted molar refractivity (Wildman–Crippen MR) is 71.7 cm³/mol. The van der Waals surface area contributed by atoms with Crippen molar-refractivity contribution in [3.8, 4) is 0 Å². The fourth-order valence-corrected chi connectivity index (χ4v) is 1.60. The minimum Gasteiger partial charge on any atom is -0.469 e. The van der Waals surface area contributed by atoms with Gasteiger partial charge in [0.05, 0.1) is 18.1 Å². The van der Waals surface area contributed by atoms with E-state index in [0.717, 1.165) is 5.56 Å². The number of nitrogens with two attached hydrogens (primary N) is 1. The summed E-state index contributed by atoms with van der Waals surface area (Å²) in [6.45, 7) is 5.09. The van der Waals surface area contributed by atoms with Crippen molar-refractivity contribution >= 4 is 17.6 Å². The van der Waals surface area contributed by atoms with Crippen LogP contribution >= 0.6 is 0 Å². The van der Waals surface area contributed by atoms with Gasteiger partial charge in [0.1, 0.15) is 6.61 Å². The molecule has 0 atom stereocenters.